The van der Waals surface area contributed by atoms with Crippen LogP contribution in [0.2, 0.25) is 0 Å². The Morgan fingerprint density at radius 3 is 1.97 bits per heavy atom. The topological polar surface area (TPSA) is 157 Å². The van der Waals surface area contributed by atoms with Gasteiger partial charge in [-0.05, 0) is 35.4 Å². The molecule has 0 saturated carbocycles. The second kappa shape index (κ2) is 10.6. The van der Waals surface area contributed by atoms with Gasteiger partial charge >= 0.3 is 0 Å². The van der Waals surface area contributed by atoms with E-state index >= 15 is 0 Å². The fraction of sp³-hybridized carbons (Fsp3) is 0.538. The standard InChI is InChI=1S/C26H32O11/c1-32-18-7-12(3-5-16(18)28)24-14-10-35-25(15(14)11-34-24)13-4-6-17(19(8-13)33-2)36-26-23(31)22(30)21(29)20(9-27)37-26/h3-8,14-15,20-31H,9-11H2,1-2H3/t14-,15-,20?,21+,22-,23?,24+,25+,26+/m0/s1. The van der Waals surface area contributed by atoms with Crippen LogP contribution in [0.5, 0.6) is 23.0 Å². The number of hydrogen-bond acceptors (Lipinski definition) is 11. The molecule has 2 unspecified atom stereocenters. The summed E-state index contributed by atoms with van der Waals surface area (Å²) < 4.78 is 34.3. The Labute approximate surface area is 213 Å². The van der Waals surface area contributed by atoms with Crippen LogP contribution in [0.4, 0.5) is 0 Å². The lowest BCUT2D eigenvalue weighted by Gasteiger charge is -2.39. The Kier molecular flexibility index (Phi) is 7.46. The first kappa shape index (κ1) is 26.0. The summed E-state index contributed by atoms with van der Waals surface area (Å²) in [6, 6.07) is 10.5. The maximum Gasteiger partial charge on any atom is 0.229 e. The van der Waals surface area contributed by atoms with Gasteiger partial charge < -0.3 is 54.0 Å². The zero-order valence-electron chi connectivity index (χ0n) is 20.5. The van der Waals surface area contributed by atoms with Crippen molar-refractivity contribution in [1.29, 1.82) is 0 Å². The van der Waals surface area contributed by atoms with Gasteiger partial charge in [0.25, 0.3) is 0 Å². The summed E-state index contributed by atoms with van der Waals surface area (Å²) >= 11 is 0. The normalized spacial score (nSPS) is 35.2. The summed E-state index contributed by atoms with van der Waals surface area (Å²) in [7, 11) is 2.98. The second-order valence-corrected chi connectivity index (χ2v) is 9.49. The van der Waals surface area contributed by atoms with Crippen molar-refractivity contribution in [3.8, 4) is 23.0 Å². The highest BCUT2D eigenvalue weighted by atomic mass is 16.7. The van der Waals surface area contributed by atoms with Gasteiger partial charge in [-0.1, -0.05) is 12.1 Å². The van der Waals surface area contributed by atoms with E-state index in [4.69, 9.17) is 28.4 Å². The number of aliphatic hydroxyl groups excluding tert-OH is 4. The summed E-state index contributed by atoms with van der Waals surface area (Å²) in [6.07, 6.45) is -7.41. The van der Waals surface area contributed by atoms with E-state index in [9.17, 15) is 25.5 Å². The van der Waals surface area contributed by atoms with Crippen molar-refractivity contribution in [2.75, 3.05) is 34.0 Å². The molecule has 3 aliphatic rings. The average Bonchev–Trinajstić information content (AvgIpc) is 3.52. The van der Waals surface area contributed by atoms with E-state index in [-0.39, 0.29) is 35.5 Å². The van der Waals surface area contributed by atoms with Gasteiger partial charge in [0.05, 0.1) is 46.2 Å². The Balaban J connectivity index is 1.32. The highest BCUT2D eigenvalue weighted by molar-refractivity contribution is 5.45. The summed E-state index contributed by atoms with van der Waals surface area (Å²) in [6.45, 7) is 0.436. The van der Waals surface area contributed by atoms with Crippen LogP contribution in [0.15, 0.2) is 36.4 Å². The van der Waals surface area contributed by atoms with Crippen LogP contribution in [0.3, 0.4) is 0 Å². The predicted molar refractivity (Wildman–Crippen MR) is 126 cm³/mol. The van der Waals surface area contributed by atoms with E-state index in [2.05, 4.69) is 0 Å². The second-order valence-electron chi connectivity index (χ2n) is 9.49. The van der Waals surface area contributed by atoms with Crippen LogP contribution in [0.1, 0.15) is 23.3 Å². The number of methoxy groups -OCH3 is 2. The van der Waals surface area contributed by atoms with Crippen LogP contribution in [-0.2, 0) is 14.2 Å². The number of aromatic hydroxyl groups is 1. The Morgan fingerprint density at radius 1 is 0.784 bits per heavy atom. The highest BCUT2D eigenvalue weighted by Gasteiger charge is 2.49. The summed E-state index contributed by atoms with van der Waals surface area (Å²) in [4.78, 5) is 0. The van der Waals surface area contributed by atoms with Crippen LogP contribution >= 0.6 is 0 Å². The molecular formula is C26H32O11. The maximum absolute atomic E-state index is 10.3. The third-order valence-electron chi connectivity index (χ3n) is 7.40. The van der Waals surface area contributed by atoms with Gasteiger partial charge in [-0.15, -0.1) is 0 Å². The average molecular weight is 521 g/mol. The zero-order chi connectivity index (χ0) is 26.3. The van der Waals surface area contributed by atoms with Gasteiger partial charge in [-0.2, -0.15) is 0 Å². The summed E-state index contributed by atoms with van der Waals surface area (Å²) in [5, 5.41) is 49.7. The molecule has 5 rings (SSSR count). The molecule has 9 atom stereocenters. The van der Waals surface area contributed by atoms with Crippen LogP contribution in [0.25, 0.3) is 0 Å². The minimum absolute atomic E-state index is 0.0689. The Bertz CT molecular complexity index is 1090. The first-order chi connectivity index (χ1) is 17.9. The van der Waals surface area contributed by atoms with Gasteiger partial charge in [-0.25, -0.2) is 0 Å². The number of fused-ring (bicyclic) bond motifs is 1. The van der Waals surface area contributed by atoms with E-state index in [0.29, 0.717) is 24.7 Å². The lowest BCUT2D eigenvalue weighted by Crippen LogP contribution is -2.60. The van der Waals surface area contributed by atoms with Crippen molar-refractivity contribution in [2.45, 2.75) is 42.9 Å². The molecule has 5 N–H and O–H groups in total. The Morgan fingerprint density at radius 2 is 1.38 bits per heavy atom. The minimum Gasteiger partial charge on any atom is -0.504 e. The van der Waals surface area contributed by atoms with Crippen LogP contribution < -0.4 is 14.2 Å². The van der Waals surface area contributed by atoms with E-state index in [1.807, 2.05) is 12.1 Å². The summed E-state index contributed by atoms with van der Waals surface area (Å²) in [5.74, 6) is 1.27. The van der Waals surface area contributed by atoms with Crippen molar-refractivity contribution < 1.29 is 54.0 Å². The van der Waals surface area contributed by atoms with Crippen LogP contribution in [0, 0.1) is 11.8 Å². The minimum atomic E-state index is -1.55. The number of benzene rings is 2. The zero-order valence-corrected chi connectivity index (χ0v) is 20.5. The third kappa shape index (κ3) is 4.72. The van der Waals surface area contributed by atoms with Gasteiger partial charge in [0, 0.05) is 11.8 Å². The molecule has 0 aromatic heterocycles. The third-order valence-corrected chi connectivity index (χ3v) is 7.40. The molecule has 11 heteroatoms. The molecule has 2 aromatic carbocycles. The monoisotopic (exact) mass is 520 g/mol. The number of phenols is 1. The molecule has 0 aliphatic carbocycles. The van der Waals surface area contributed by atoms with Crippen molar-refractivity contribution in [3.05, 3.63) is 47.5 Å². The van der Waals surface area contributed by atoms with Crippen LogP contribution in [-0.4, -0.2) is 90.3 Å². The van der Waals surface area contributed by atoms with Crippen molar-refractivity contribution in [2.24, 2.45) is 11.8 Å². The number of hydrogen-bond donors (Lipinski definition) is 5. The molecule has 37 heavy (non-hydrogen) atoms. The number of ether oxygens (including phenoxy) is 6. The fourth-order valence-electron chi connectivity index (χ4n) is 5.35. The molecule has 0 radical (unpaired) electrons. The van der Waals surface area contributed by atoms with Gasteiger partial charge in [0.1, 0.15) is 24.4 Å². The van der Waals surface area contributed by atoms with E-state index in [1.54, 1.807) is 24.3 Å². The largest absolute Gasteiger partial charge is 0.504 e. The van der Waals surface area contributed by atoms with Gasteiger partial charge in [0.2, 0.25) is 6.29 Å². The molecular weight excluding hydrogens is 488 g/mol. The quantitative estimate of drug-likeness (QED) is 0.349. The number of rotatable bonds is 7. The van der Waals surface area contributed by atoms with Crippen molar-refractivity contribution in [1.82, 2.24) is 0 Å². The summed E-state index contributed by atoms with van der Waals surface area (Å²) in [5.41, 5.74) is 1.77. The number of aliphatic hydroxyl groups is 4. The van der Waals surface area contributed by atoms with Crippen molar-refractivity contribution in [3.63, 3.8) is 0 Å². The van der Waals surface area contributed by atoms with Crippen molar-refractivity contribution >= 4 is 0 Å². The molecule has 0 bridgehead atoms. The SMILES string of the molecule is COc1cc([C@H]2OC[C@H]3[C@@H]2CO[C@@H]3c2ccc(O[C@@H]3OC(CO)[C@@H](O)[C@H](O)C3O)c(OC)c2)ccc1O. The molecule has 11 nitrogen and oxygen atoms in total. The molecule has 2 aromatic rings. The molecule has 0 amide bonds. The fourth-order valence-corrected chi connectivity index (χ4v) is 5.35. The van der Waals surface area contributed by atoms with E-state index in [1.165, 1.54) is 14.2 Å². The molecule has 3 fully saturated rings. The predicted octanol–water partition coefficient (Wildman–Crippen LogP) is 0.663. The molecule has 0 spiro atoms. The Hall–Kier alpha value is -2.64. The first-order valence-electron chi connectivity index (χ1n) is 12.1. The van der Waals surface area contributed by atoms with E-state index in [0.717, 1.165) is 11.1 Å². The maximum atomic E-state index is 10.3. The molecule has 3 heterocycles. The lowest BCUT2D eigenvalue weighted by atomic mass is 9.85. The molecule has 202 valence electrons. The first-order valence-corrected chi connectivity index (χ1v) is 12.1. The van der Waals surface area contributed by atoms with Gasteiger partial charge in [0.15, 0.2) is 23.0 Å². The highest BCUT2D eigenvalue weighted by Crippen LogP contribution is 2.51. The van der Waals surface area contributed by atoms with E-state index < -0.39 is 37.3 Å². The lowest BCUT2D eigenvalue weighted by molar-refractivity contribution is -0.277. The van der Waals surface area contributed by atoms with Gasteiger partial charge in [-0.3, -0.25) is 0 Å². The number of phenolic OH excluding ortho intramolecular Hbond substituents is 1. The molecule has 3 aliphatic heterocycles. The molecule has 3 saturated heterocycles. The smallest absolute Gasteiger partial charge is 0.229 e.